The van der Waals surface area contributed by atoms with Gasteiger partial charge in [-0.05, 0) is 43.4 Å². The molecule has 1 aromatic rings. The van der Waals surface area contributed by atoms with E-state index in [2.05, 4.69) is 4.72 Å². The van der Waals surface area contributed by atoms with E-state index >= 15 is 0 Å². The molecular weight excluding hydrogens is 276 g/mol. The van der Waals surface area contributed by atoms with E-state index < -0.39 is 10.2 Å². The first kappa shape index (κ1) is 13.9. The van der Waals surface area contributed by atoms with Crippen molar-refractivity contribution >= 4 is 10.2 Å². The van der Waals surface area contributed by atoms with Crippen LogP contribution in [-0.2, 0) is 10.2 Å². The van der Waals surface area contributed by atoms with Crippen LogP contribution in [0.25, 0.3) is 0 Å². The number of rotatable bonds is 3. The highest BCUT2D eigenvalue weighted by molar-refractivity contribution is 7.87. The predicted octanol–water partition coefficient (Wildman–Crippen LogP) is 1.83. The number of nitrogens with one attached hydrogen (secondary N) is 1. The topological polar surface area (TPSA) is 58.6 Å². The molecule has 1 aliphatic heterocycles. The Bertz CT molecular complexity index is 582. The molecule has 0 aromatic heterocycles. The lowest BCUT2D eigenvalue weighted by atomic mass is 10.1. The van der Waals surface area contributed by atoms with Gasteiger partial charge < -0.3 is 4.74 Å². The number of benzene rings is 1. The molecule has 1 atom stereocenters. The van der Waals surface area contributed by atoms with Crippen LogP contribution in [0.1, 0.15) is 37.3 Å². The molecule has 0 bridgehead atoms. The van der Waals surface area contributed by atoms with E-state index in [0.717, 1.165) is 24.2 Å². The van der Waals surface area contributed by atoms with E-state index in [0.29, 0.717) is 12.6 Å². The molecule has 5 nitrogen and oxygen atoms in total. The smallest absolute Gasteiger partial charge is 0.279 e. The van der Waals surface area contributed by atoms with Crippen LogP contribution in [-0.4, -0.2) is 32.4 Å². The summed E-state index contributed by atoms with van der Waals surface area (Å²) in [5.74, 6) is 0.840. The molecule has 2 aliphatic rings. The first-order chi connectivity index (χ1) is 9.56. The molecule has 1 unspecified atom stereocenters. The average Bonchev–Trinajstić information content (AvgIpc) is 3.00. The Morgan fingerprint density at radius 1 is 1.30 bits per heavy atom. The summed E-state index contributed by atoms with van der Waals surface area (Å²) in [5.41, 5.74) is 0.969. The molecule has 3 rings (SSSR count). The van der Waals surface area contributed by atoms with Crippen molar-refractivity contribution < 1.29 is 13.2 Å². The van der Waals surface area contributed by atoms with E-state index in [1.807, 2.05) is 24.3 Å². The molecule has 1 saturated carbocycles. The van der Waals surface area contributed by atoms with Gasteiger partial charge in [0.15, 0.2) is 0 Å². The highest BCUT2D eigenvalue weighted by Gasteiger charge is 2.34. The normalized spacial score (nSPS) is 26.9. The van der Waals surface area contributed by atoms with Crippen molar-refractivity contribution in [2.45, 2.75) is 37.8 Å². The molecular formula is C14H20N2O3S. The van der Waals surface area contributed by atoms with Crippen molar-refractivity contribution in [3.05, 3.63) is 29.8 Å². The van der Waals surface area contributed by atoms with E-state index in [1.165, 1.54) is 17.1 Å². The van der Waals surface area contributed by atoms with Gasteiger partial charge in [-0.3, -0.25) is 0 Å². The second-order valence-corrected chi connectivity index (χ2v) is 7.30. The van der Waals surface area contributed by atoms with Gasteiger partial charge >= 0.3 is 0 Å². The molecule has 1 saturated heterocycles. The maximum Gasteiger partial charge on any atom is 0.279 e. The molecule has 1 heterocycles. The van der Waals surface area contributed by atoms with Crippen LogP contribution in [0.5, 0.6) is 5.75 Å². The Morgan fingerprint density at radius 2 is 2.05 bits per heavy atom. The number of ether oxygens (including phenoxy) is 1. The fourth-order valence-corrected chi connectivity index (χ4v) is 4.01. The summed E-state index contributed by atoms with van der Waals surface area (Å²) in [5, 5.41) is 0. The lowest BCUT2D eigenvalue weighted by Gasteiger charge is -2.19. The molecule has 0 spiro atoms. The number of likely N-dealkylation sites (N-methyl/N-ethyl adjacent to an activating group) is 1. The third-order valence-corrected chi connectivity index (χ3v) is 5.67. The Morgan fingerprint density at radius 3 is 2.70 bits per heavy atom. The van der Waals surface area contributed by atoms with Crippen molar-refractivity contribution in [3.8, 4) is 5.75 Å². The quantitative estimate of drug-likeness (QED) is 0.926. The monoisotopic (exact) mass is 296 g/mol. The van der Waals surface area contributed by atoms with Crippen molar-refractivity contribution in [3.63, 3.8) is 0 Å². The molecule has 1 aliphatic carbocycles. The molecule has 2 fully saturated rings. The van der Waals surface area contributed by atoms with Gasteiger partial charge in [0.2, 0.25) is 0 Å². The Hall–Kier alpha value is -1.11. The molecule has 6 heteroatoms. The third kappa shape index (κ3) is 2.68. The largest absolute Gasteiger partial charge is 0.490 e. The second kappa shape index (κ2) is 5.35. The standard InChI is InChI=1S/C14H20N2O3S/c1-16-14(10-15-20(16,17)18)11-5-4-8-13(9-11)19-12-6-2-3-7-12/h4-5,8-9,12,14-15H,2-3,6-7,10H2,1H3. The molecule has 0 radical (unpaired) electrons. The van der Waals surface area contributed by atoms with Crippen LogP contribution in [0.3, 0.4) is 0 Å². The van der Waals surface area contributed by atoms with Gasteiger partial charge in [0.05, 0.1) is 12.1 Å². The highest BCUT2D eigenvalue weighted by atomic mass is 32.2. The zero-order valence-electron chi connectivity index (χ0n) is 11.6. The van der Waals surface area contributed by atoms with E-state index in [9.17, 15) is 8.42 Å². The molecule has 1 aromatic carbocycles. The predicted molar refractivity (Wildman–Crippen MR) is 76.8 cm³/mol. The lowest BCUT2D eigenvalue weighted by molar-refractivity contribution is 0.209. The summed E-state index contributed by atoms with van der Waals surface area (Å²) >= 11 is 0. The fourth-order valence-electron chi connectivity index (χ4n) is 2.90. The van der Waals surface area contributed by atoms with E-state index in [-0.39, 0.29) is 6.04 Å². The number of hydrogen-bond donors (Lipinski definition) is 1. The van der Waals surface area contributed by atoms with Crippen molar-refractivity contribution in [2.75, 3.05) is 13.6 Å². The zero-order valence-corrected chi connectivity index (χ0v) is 12.4. The summed E-state index contributed by atoms with van der Waals surface area (Å²) in [6.07, 6.45) is 5.01. The lowest BCUT2D eigenvalue weighted by Crippen LogP contribution is -2.26. The van der Waals surface area contributed by atoms with Gasteiger partial charge in [-0.25, -0.2) is 4.72 Å². The van der Waals surface area contributed by atoms with E-state index in [1.54, 1.807) is 7.05 Å². The molecule has 1 N–H and O–H groups in total. The van der Waals surface area contributed by atoms with Crippen LogP contribution >= 0.6 is 0 Å². The van der Waals surface area contributed by atoms with Gasteiger partial charge in [0.1, 0.15) is 5.75 Å². The third-order valence-electron chi connectivity index (χ3n) is 4.12. The van der Waals surface area contributed by atoms with Crippen LogP contribution in [0.15, 0.2) is 24.3 Å². The van der Waals surface area contributed by atoms with Crippen LogP contribution in [0, 0.1) is 0 Å². The molecule has 0 amide bonds. The minimum absolute atomic E-state index is 0.160. The average molecular weight is 296 g/mol. The summed E-state index contributed by atoms with van der Waals surface area (Å²) < 4.78 is 33.3. The van der Waals surface area contributed by atoms with Crippen LogP contribution < -0.4 is 9.46 Å². The highest BCUT2D eigenvalue weighted by Crippen LogP contribution is 2.30. The summed E-state index contributed by atoms with van der Waals surface area (Å²) in [7, 11) is -1.71. The van der Waals surface area contributed by atoms with Gasteiger partial charge in [-0.15, -0.1) is 0 Å². The van der Waals surface area contributed by atoms with E-state index in [4.69, 9.17) is 4.74 Å². The van der Waals surface area contributed by atoms with Gasteiger partial charge in [0.25, 0.3) is 10.2 Å². The Balaban J connectivity index is 1.77. The van der Waals surface area contributed by atoms with Crippen molar-refractivity contribution in [1.29, 1.82) is 0 Å². The van der Waals surface area contributed by atoms with Crippen LogP contribution in [0.2, 0.25) is 0 Å². The Kier molecular flexibility index (Phi) is 3.70. The number of nitrogens with zero attached hydrogens (tertiary/aromatic N) is 1. The van der Waals surface area contributed by atoms with Gasteiger partial charge in [0, 0.05) is 13.6 Å². The first-order valence-corrected chi connectivity index (χ1v) is 8.49. The second-order valence-electron chi connectivity index (χ2n) is 5.48. The SMILES string of the molecule is CN1C(c2cccc(OC3CCCC3)c2)CNS1(=O)=O. The van der Waals surface area contributed by atoms with Gasteiger partial charge in [-0.1, -0.05) is 12.1 Å². The Labute approximate surface area is 120 Å². The minimum atomic E-state index is -3.32. The maximum absolute atomic E-state index is 11.7. The summed E-state index contributed by atoms with van der Waals surface area (Å²) in [6.45, 7) is 0.408. The zero-order chi connectivity index (χ0) is 14.2. The first-order valence-electron chi connectivity index (χ1n) is 7.05. The fraction of sp³-hybridized carbons (Fsp3) is 0.571. The molecule has 110 valence electrons. The van der Waals surface area contributed by atoms with Crippen LogP contribution in [0.4, 0.5) is 0 Å². The minimum Gasteiger partial charge on any atom is -0.490 e. The van der Waals surface area contributed by atoms with Crippen molar-refractivity contribution in [2.24, 2.45) is 0 Å². The number of hydrogen-bond acceptors (Lipinski definition) is 3. The summed E-state index contributed by atoms with van der Waals surface area (Å²) in [6, 6.07) is 7.62. The van der Waals surface area contributed by atoms with Crippen molar-refractivity contribution in [1.82, 2.24) is 9.03 Å². The molecule has 20 heavy (non-hydrogen) atoms. The maximum atomic E-state index is 11.7. The van der Waals surface area contributed by atoms with Gasteiger partial charge in [-0.2, -0.15) is 12.7 Å². The summed E-state index contributed by atoms with van der Waals surface area (Å²) in [4.78, 5) is 0.